The van der Waals surface area contributed by atoms with Crippen LogP contribution in [-0.4, -0.2) is 14.9 Å². The van der Waals surface area contributed by atoms with E-state index in [1.165, 1.54) is 25.7 Å². The third-order valence-corrected chi connectivity index (χ3v) is 6.01. The van der Waals surface area contributed by atoms with Crippen molar-refractivity contribution in [1.29, 1.82) is 0 Å². The number of halogens is 2. The Labute approximate surface area is 87.5 Å². The topological polar surface area (TPSA) is 12.0 Å². The predicted molar refractivity (Wildman–Crippen MR) is 49.1 cm³/mol. The molecule has 1 rings (SSSR count). The van der Waals surface area contributed by atoms with Crippen LogP contribution in [0.4, 0.5) is 0 Å². The molecule has 0 atom stereocenters. The standard InChI is InChI=1S/C7H14I2N/c1-9-6-2-4-7(10-8)5-3-6/h6-7,10H,2-5H2,1H3/q-1. The molecule has 0 amide bonds. The summed E-state index contributed by atoms with van der Waals surface area (Å²) in [5.41, 5.74) is 0. The Morgan fingerprint density at radius 3 is 2.30 bits per heavy atom. The third kappa shape index (κ3) is 2.81. The van der Waals surface area contributed by atoms with Crippen molar-refractivity contribution in [3.05, 3.63) is 0 Å². The summed E-state index contributed by atoms with van der Waals surface area (Å²) in [4.78, 5) is 2.42. The van der Waals surface area contributed by atoms with E-state index < -0.39 is 0 Å². The van der Waals surface area contributed by atoms with Gasteiger partial charge in [0, 0.05) is 0 Å². The van der Waals surface area contributed by atoms with E-state index in [0.717, 1.165) is 9.97 Å². The van der Waals surface area contributed by atoms with Gasteiger partial charge in [-0.25, -0.2) is 0 Å². The van der Waals surface area contributed by atoms with Gasteiger partial charge >= 0.3 is 88.2 Å². The second kappa shape index (κ2) is 5.13. The van der Waals surface area contributed by atoms with Crippen molar-refractivity contribution < 1.29 is 21.2 Å². The summed E-state index contributed by atoms with van der Waals surface area (Å²) in [6.45, 7) is 0. The molecule has 0 spiro atoms. The van der Waals surface area contributed by atoms with Crippen LogP contribution >= 0.6 is 22.9 Å². The molecule has 0 aromatic carbocycles. The van der Waals surface area contributed by atoms with Gasteiger partial charge in [-0.1, -0.05) is 0 Å². The molecule has 62 valence electrons. The Bertz CT molecular complexity index is 77.6. The van der Waals surface area contributed by atoms with Crippen LogP contribution in [0.15, 0.2) is 0 Å². The molecule has 1 aliphatic rings. The normalized spacial score (nSPS) is 34.6. The van der Waals surface area contributed by atoms with Crippen LogP contribution in [0.2, 0.25) is 0 Å². The molecule has 0 bridgehead atoms. The van der Waals surface area contributed by atoms with Gasteiger partial charge in [0.15, 0.2) is 0 Å². The number of hydrogen-bond acceptors (Lipinski definition) is 1. The van der Waals surface area contributed by atoms with E-state index in [1.807, 2.05) is 0 Å². The Balaban J connectivity index is 2.17. The molecule has 3 heteroatoms. The fraction of sp³-hybridized carbons (Fsp3) is 1.00. The minimum atomic E-state index is 0.531. The summed E-state index contributed by atoms with van der Waals surface area (Å²) in [5.74, 6) is 0. The van der Waals surface area contributed by atoms with E-state index >= 15 is 0 Å². The Morgan fingerprint density at radius 1 is 1.30 bits per heavy atom. The van der Waals surface area contributed by atoms with E-state index in [4.69, 9.17) is 0 Å². The summed E-state index contributed by atoms with van der Waals surface area (Å²) in [6.07, 6.45) is 5.82. The number of rotatable bonds is 2. The molecule has 1 aliphatic carbocycles. The number of hydrogen-bond donors (Lipinski definition) is 1. The number of nitrogens with one attached hydrogen (secondary N) is 1. The van der Waals surface area contributed by atoms with Crippen LogP contribution in [-0.2, 0) is 0 Å². The monoisotopic (exact) mass is 366 g/mol. The van der Waals surface area contributed by atoms with Gasteiger partial charge in [-0.15, -0.1) is 0 Å². The van der Waals surface area contributed by atoms with Crippen molar-refractivity contribution in [1.82, 2.24) is 3.53 Å². The van der Waals surface area contributed by atoms with Crippen molar-refractivity contribution in [3.63, 3.8) is 0 Å². The van der Waals surface area contributed by atoms with Crippen LogP contribution in [0.3, 0.4) is 0 Å². The van der Waals surface area contributed by atoms with Crippen molar-refractivity contribution in [3.8, 4) is 0 Å². The molecule has 1 fully saturated rings. The molecule has 1 saturated carbocycles. The molecule has 0 saturated heterocycles. The summed E-state index contributed by atoms with van der Waals surface area (Å²) < 4.78 is 4.47. The zero-order chi connectivity index (χ0) is 7.40. The summed E-state index contributed by atoms with van der Waals surface area (Å²) in [6, 6.07) is 0.826. The van der Waals surface area contributed by atoms with Gasteiger partial charge in [0.05, 0.1) is 0 Å². The van der Waals surface area contributed by atoms with Crippen molar-refractivity contribution in [2.24, 2.45) is 0 Å². The van der Waals surface area contributed by atoms with E-state index in [9.17, 15) is 0 Å². The summed E-state index contributed by atoms with van der Waals surface area (Å²) in [5, 5.41) is 0. The van der Waals surface area contributed by atoms with Crippen molar-refractivity contribution in [2.45, 2.75) is 35.6 Å². The average molecular weight is 366 g/mol. The van der Waals surface area contributed by atoms with Gasteiger partial charge in [-0.2, -0.15) is 0 Å². The van der Waals surface area contributed by atoms with Gasteiger partial charge in [0.2, 0.25) is 0 Å². The fourth-order valence-corrected chi connectivity index (χ4v) is 3.97. The average Bonchev–Trinajstić information content (AvgIpc) is 2.05. The SMILES string of the molecule is C[I-]C1CCC(NI)CC1. The van der Waals surface area contributed by atoms with Crippen LogP contribution in [0, 0.1) is 0 Å². The Kier molecular flexibility index (Phi) is 4.88. The zero-order valence-electron chi connectivity index (χ0n) is 6.24. The van der Waals surface area contributed by atoms with Crippen LogP contribution in [0.25, 0.3) is 0 Å². The Morgan fingerprint density at radius 2 is 1.90 bits per heavy atom. The molecule has 0 radical (unpaired) electrons. The summed E-state index contributed by atoms with van der Waals surface area (Å²) >= 11 is 2.82. The zero-order valence-corrected chi connectivity index (χ0v) is 10.6. The molecule has 0 unspecified atom stereocenters. The van der Waals surface area contributed by atoms with Gasteiger partial charge < -0.3 is 0 Å². The minimum absolute atomic E-state index is 0.531. The van der Waals surface area contributed by atoms with E-state index in [-0.39, 0.29) is 0 Å². The first kappa shape index (κ1) is 9.51. The molecular formula is C7H14I2N-. The predicted octanol–water partition coefficient (Wildman–Crippen LogP) is -1.04. The van der Waals surface area contributed by atoms with Gasteiger partial charge in [0.25, 0.3) is 0 Å². The Hall–Kier alpha value is 1.42. The fourth-order valence-electron chi connectivity index (χ4n) is 1.38. The van der Waals surface area contributed by atoms with Crippen molar-refractivity contribution in [2.75, 3.05) is 4.93 Å². The van der Waals surface area contributed by atoms with E-state index in [0.29, 0.717) is 21.2 Å². The third-order valence-electron chi connectivity index (χ3n) is 2.12. The molecule has 0 aliphatic heterocycles. The number of alkyl halides is 2. The van der Waals surface area contributed by atoms with Crippen LogP contribution in [0.5, 0.6) is 0 Å². The molecule has 1 nitrogen and oxygen atoms in total. The second-order valence-electron chi connectivity index (χ2n) is 2.78. The van der Waals surface area contributed by atoms with E-state index in [1.54, 1.807) is 0 Å². The maximum absolute atomic E-state index is 3.33. The maximum atomic E-state index is 3.33. The molecule has 0 aromatic heterocycles. The van der Waals surface area contributed by atoms with Gasteiger partial charge in [0.1, 0.15) is 0 Å². The first-order valence-electron chi connectivity index (χ1n) is 3.71. The summed E-state index contributed by atoms with van der Waals surface area (Å²) in [7, 11) is 0. The second-order valence-corrected chi connectivity index (χ2v) is 6.41. The molecular weight excluding hydrogens is 352 g/mol. The molecule has 0 heterocycles. The van der Waals surface area contributed by atoms with Gasteiger partial charge in [-0.05, 0) is 0 Å². The quantitative estimate of drug-likeness (QED) is 0.374. The van der Waals surface area contributed by atoms with Gasteiger partial charge in [-0.3, -0.25) is 0 Å². The molecule has 10 heavy (non-hydrogen) atoms. The first-order valence-corrected chi connectivity index (χ1v) is 8.19. The van der Waals surface area contributed by atoms with Crippen LogP contribution < -0.4 is 24.7 Å². The van der Waals surface area contributed by atoms with E-state index in [2.05, 4.69) is 31.3 Å². The molecule has 0 aromatic rings. The van der Waals surface area contributed by atoms with Crippen molar-refractivity contribution >= 4 is 22.9 Å². The van der Waals surface area contributed by atoms with Crippen LogP contribution in [0.1, 0.15) is 25.7 Å². The molecule has 1 N–H and O–H groups in total. The first-order chi connectivity index (χ1) is 4.86.